The number of hydrogen-bond donors (Lipinski definition) is 2. The SMILES string of the molecule is O=S(=O)(O)O.[MgH2].[Pr]. The molecule has 0 atom stereocenters. The van der Waals surface area contributed by atoms with Crippen molar-refractivity contribution in [3.63, 3.8) is 0 Å². The molecule has 0 saturated carbocycles. The van der Waals surface area contributed by atoms with Crippen LogP contribution in [0.5, 0.6) is 0 Å². The van der Waals surface area contributed by atoms with Crippen molar-refractivity contribution in [1.82, 2.24) is 0 Å². The monoisotopic (exact) mass is 265 g/mol. The Bertz CT molecular complexity index is 94.9. The molecule has 2 N–H and O–H groups in total. The fourth-order valence-electron chi connectivity index (χ4n) is 0. The van der Waals surface area contributed by atoms with Crippen molar-refractivity contribution in [3.05, 3.63) is 0 Å². The maximum Gasteiger partial charge on any atom is 0.394 e. The van der Waals surface area contributed by atoms with Crippen molar-refractivity contribution in [2.75, 3.05) is 0 Å². The molecule has 0 aromatic heterocycles. The van der Waals surface area contributed by atoms with E-state index in [1.807, 2.05) is 0 Å². The molecule has 0 heterocycles. The molecule has 0 aromatic carbocycles. The average Bonchev–Trinajstić information content (AvgIpc) is 0.722. The number of rotatable bonds is 0. The topological polar surface area (TPSA) is 74.6 Å². The third kappa shape index (κ3) is 72.0. The van der Waals surface area contributed by atoms with Crippen LogP contribution >= 0.6 is 0 Å². The Morgan fingerprint density at radius 2 is 1.14 bits per heavy atom. The second kappa shape index (κ2) is 6.12. The van der Waals surface area contributed by atoms with Crippen LogP contribution in [0.1, 0.15) is 0 Å². The summed E-state index contributed by atoms with van der Waals surface area (Å²) >= 11 is 0. The van der Waals surface area contributed by atoms with Crippen molar-refractivity contribution in [3.8, 4) is 0 Å². The van der Waals surface area contributed by atoms with Gasteiger partial charge in [0.25, 0.3) is 0 Å². The summed E-state index contributed by atoms with van der Waals surface area (Å²) in [5.74, 6) is 0. The Balaban J connectivity index is -0.0000000800. The van der Waals surface area contributed by atoms with Crippen molar-refractivity contribution >= 4 is 33.5 Å². The van der Waals surface area contributed by atoms with E-state index in [0.717, 1.165) is 0 Å². The molecule has 0 fully saturated rings. The molecule has 0 amide bonds. The minimum absolute atomic E-state index is 0. The van der Waals surface area contributed by atoms with Gasteiger partial charge in [-0.15, -0.1) is 0 Å². The van der Waals surface area contributed by atoms with Crippen LogP contribution in [0.15, 0.2) is 0 Å². The van der Waals surface area contributed by atoms with E-state index in [9.17, 15) is 0 Å². The van der Waals surface area contributed by atoms with Gasteiger partial charge in [-0.1, -0.05) is 0 Å². The Morgan fingerprint density at radius 3 is 1.14 bits per heavy atom. The Kier molecular flexibility index (Phi) is 14.0. The standard InChI is InChI=1S/Mg.H2O4S.Pr.2H/c;1-5(2,3)4;;;/h;(H2,1,2,3,4);;;. The minimum Gasteiger partial charge on any atom is -0.264 e. The predicted octanol–water partition coefficient (Wildman–Crippen LogP) is -1.57. The molecule has 0 aliphatic rings. The van der Waals surface area contributed by atoms with Gasteiger partial charge in [-0.25, -0.2) is 0 Å². The average molecular weight is 265 g/mol. The fourth-order valence-corrected chi connectivity index (χ4v) is 0. The van der Waals surface area contributed by atoms with E-state index in [2.05, 4.69) is 0 Å². The van der Waals surface area contributed by atoms with Gasteiger partial charge in [0.1, 0.15) is 0 Å². The maximum absolute atomic E-state index is 8.74. The van der Waals surface area contributed by atoms with Gasteiger partial charge in [0.2, 0.25) is 0 Å². The summed E-state index contributed by atoms with van der Waals surface area (Å²) in [6.07, 6.45) is 0. The summed E-state index contributed by atoms with van der Waals surface area (Å²) in [5, 5.41) is 0. The molecular formula is H4MgO4PrS. The molecule has 0 saturated heterocycles. The van der Waals surface area contributed by atoms with Gasteiger partial charge < -0.3 is 0 Å². The van der Waals surface area contributed by atoms with Crippen LogP contribution in [0.25, 0.3) is 0 Å². The molecule has 4 nitrogen and oxygen atoms in total. The van der Waals surface area contributed by atoms with Crippen molar-refractivity contribution < 1.29 is 58.8 Å². The quantitative estimate of drug-likeness (QED) is 0.410. The summed E-state index contributed by atoms with van der Waals surface area (Å²) in [5.41, 5.74) is 0. The van der Waals surface area contributed by atoms with E-state index in [-0.39, 0.29) is 64.3 Å². The summed E-state index contributed by atoms with van der Waals surface area (Å²) in [4.78, 5) is 0. The minimum atomic E-state index is -4.67. The van der Waals surface area contributed by atoms with E-state index in [1.54, 1.807) is 0 Å². The molecule has 39 valence electrons. The van der Waals surface area contributed by atoms with E-state index >= 15 is 0 Å². The van der Waals surface area contributed by atoms with Crippen molar-refractivity contribution in [2.24, 2.45) is 0 Å². The van der Waals surface area contributed by atoms with Gasteiger partial charge in [-0.3, -0.25) is 9.11 Å². The van der Waals surface area contributed by atoms with Crippen molar-refractivity contribution in [2.45, 2.75) is 0 Å². The first-order valence-electron chi connectivity index (χ1n) is 0.698. The summed E-state index contributed by atoms with van der Waals surface area (Å²) < 4.78 is 31.6. The van der Waals surface area contributed by atoms with Crippen LogP contribution in [-0.4, -0.2) is 40.6 Å². The smallest absolute Gasteiger partial charge is 0.264 e. The molecule has 0 bridgehead atoms. The Labute approximate surface area is 90.7 Å². The van der Waals surface area contributed by atoms with Crippen LogP contribution in [-0.2, 0) is 10.4 Å². The van der Waals surface area contributed by atoms with Crippen LogP contribution in [0.2, 0.25) is 0 Å². The summed E-state index contributed by atoms with van der Waals surface area (Å²) in [7, 11) is -4.67. The van der Waals surface area contributed by atoms with Crippen molar-refractivity contribution in [1.29, 1.82) is 0 Å². The second-order valence-corrected chi connectivity index (χ2v) is 1.34. The zero-order chi connectivity index (χ0) is 4.50. The molecule has 0 spiro atoms. The maximum atomic E-state index is 8.74. The Morgan fingerprint density at radius 1 is 1.14 bits per heavy atom. The third-order valence-electron chi connectivity index (χ3n) is 0. The van der Waals surface area contributed by atoms with E-state index in [4.69, 9.17) is 17.5 Å². The summed E-state index contributed by atoms with van der Waals surface area (Å²) in [6.45, 7) is 0. The second-order valence-electron chi connectivity index (χ2n) is 0.448. The molecule has 7 heavy (non-hydrogen) atoms. The Hall–Kier alpha value is 2.00. The molecule has 1 radical (unpaired) electrons. The zero-order valence-corrected chi connectivity index (χ0v) is 7.22. The number of hydrogen-bond acceptors (Lipinski definition) is 2. The first kappa shape index (κ1) is 16.0. The van der Waals surface area contributed by atoms with Crippen LogP contribution < -0.4 is 0 Å². The molecule has 0 unspecified atom stereocenters. The van der Waals surface area contributed by atoms with E-state index in [0.29, 0.717) is 0 Å². The molecule has 0 aliphatic carbocycles. The first-order chi connectivity index (χ1) is 2.00. The van der Waals surface area contributed by atoms with Gasteiger partial charge in [0.05, 0.1) is 0 Å². The largest absolute Gasteiger partial charge is 0.394 e. The first-order valence-corrected chi connectivity index (χ1v) is 2.10. The van der Waals surface area contributed by atoms with E-state index in [1.165, 1.54) is 0 Å². The van der Waals surface area contributed by atoms with Gasteiger partial charge in [0, 0.05) is 41.3 Å². The van der Waals surface area contributed by atoms with Gasteiger partial charge >= 0.3 is 33.5 Å². The van der Waals surface area contributed by atoms with Gasteiger partial charge in [0.15, 0.2) is 0 Å². The molecular weight excluding hydrogens is 261 g/mol. The summed E-state index contributed by atoms with van der Waals surface area (Å²) in [6, 6.07) is 0. The normalized spacial score (nSPS) is 8.29. The molecule has 7 heteroatoms. The molecule has 0 aromatic rings. The molecule has 0 aliphatic heterocycles. The van der Waals surface area contributed by atoms with E-state index < -0.39 is 10.4 Å². The van der Waals surface area contributed by atoms with Crippen LogP contribution in [0.3, 0.4) is 0 Å². The van der Waals surface area contributed by atoms with Crippen LogP contribution in [0, 0.1) is 41.3 Å². The van der Waals surface area contributed by atoms with Crippen LogP contribution in [0.4, 0.5) is 0 Å². The third-order valence-corrected chi connectivity index (χ3v) is 0. The zero-order valence-electron chi connectivity index (χ0n) is 2.70. The fraction of sp³-hybridized carbons (Fsp3) is 0. The predicted molar refractivity (Wildman–Crippen MR) is 22.7 cm³/mol. The molecule has 0 rings (SSSR count). The van der Waals surface area contributed by atoms with Gasteiger partial charge in [-0.2, -0.15) is 8.42 Å². The van der Waals surface area contributed by atoms with Gasteiger partial charge in [-0.05, 0) is 0 Å².